The summed E-state index contributed by atoms with van der Waals surface area (Å²) >= 11 is 0. The maximum absolute atomic E-state index is 15.3. The Balaban J connectivity index is 0.784. The molecule has 16 nitrogen and oxygen atoms in total. The molecule has 1 saturated carbocycles. The van der Waals surface area contributed by atoms with Crippen molar-refractivity contribution in [2.75, 3.05) is 79.9 Å². The molecule has 2 aromatic carbocycles. The molecule has 4 aliphatic heterocycles. The van der Waals surface area contributed by atoms with Gasteiger partial charge >= 0.3 is 0 Å². The SMILES string of the molecule is CC[C@@H]1c2nnc(C)n2-c2cnc(Nc3ccc(C(=O)N4CCN(CC5CCN(c6ccc(NC7CCC(=O)NC7=O)cc6F)CC5)CC4)cc3OC)nc2N1CC1CCCCC1. The van der Waals surface area contributed by atoms with Crippen molar-refractivity contribution >= 4 is 46.5 Å². The highest BCUT2D eigenvalue weighted by molar-refractivity contribution is 6.01. The fraction of sp³-hybridized carbons (Fsp3) is 0.543. The number of carbonyl (C=O) groups is 3. The second kappa shape index (κ2) is 18.5. The predicted molar refractivity (Wildman–Crippen MR) is 238 cm³/mol. The minimum Gasteiger partial charge on any atom is -0.495 e. The van der Waals surface area contributed by atoms with Crippen molar-refractivity contribution in [3.63, 3.8) is 0 Å². The van der Waals surface area contributed by atoms with Gasteiger partial charge in [0.15, 0.2) is 11.6 Å². The number of hydrogen-bond donors (Lipinski definition) is 3. The van der Waals surface area contributed by atoms with E-state index in [0.29, 0.717) is 65.7 Å². The Morgan fingerprint density at radius 3 is 2.41 bits per heavy atom. The van der Waals surface area contributed by atoms with Crippen LogP contribution in [0.2, 0.25) is 0 Å². The van der Waals surface area contributed by atoms with Gasteiger partial charge in [0, 0.05) is 70.0 Å². The minimum atomic E-state index is -0.558. The first-order valence-corrected chi connectivity index (χ1v) is 22.8. The van der Waals surface area contributed by atoms with Crippen LogP contribution in [0.15, 0.2) is 42.6 Å². The molecule has 0 bridgehead atoms. The number of methoxy groups -OCH3 is 1. The Kier molecular flexibility index (Phi) is 12.5. The molecule has 0 radical (unpaired) electrons. The normalized spacial score (nSPS) is 21.2. The standard InChI is InChI=1S/C46H59FN12O4/c1-4-37-43-54-53-29(2)59(43)39-26-48-46(52-42(39)58(37)28-30-8-6-5-7-9-30)50-35-12-10-32(24-40(35)63-3)45(62)57-22-20-55(21-23-57)27-31-16-18-56(19-17-31)38-14-11-33(25-34(38)47)49-36-13-15-41(60)51-44(36)61/h10-12,14,24-26,30-31,36-37,49H,4-9,13,15-23,27-28H2,1-3H3,(H,48,50,52)(H,51,60,61)/t36?,37-/m1/s1. The lowest BCUT2D eigenvalue weighted by Gasteiger charge is -2.39. The third-order valence-corrected chi connectivity index (χ3v) is 13.7. The van der Waals surface area contributed by atoms with E-state index in [-0.39, 0.29) is 36.0 Å². The molecule has 3 saturated heterocycles. The highest BCUT2D eigenvalue weighted by Gasteiger charge is 2.37. The summed E-state index contributed by atoms with van der Waals surface area (Å²) in [5, 5.41) is 17.8. The number of benzene rings is 2. The molecule has 1 aliphatic carbocycles. The molecule has 2 atom stereocenters. The number of nitrogens with one attached hydrogen (secondary N) is 3. The average molecular weight is 863 g/mol. The first kappa shape index (κ1) is 42.5. The maximum atomic E-state index is 15.3. The third kappa shape index (κ3) is 9.02. The molecule has 9 rings (SSSR count). The van der Waals surface area contributed by atoms with Gasteiger partial charge in [0.2, 0.25) is 17.8 Å². The summed E-state index contributed by atoms with van der Waals surface area (Å²) < 4.78 is 23.2. The number of fused-ring (bicyclic) bond motifs is 3. The largest absolute Gasteiger partial charge is 0.495 e. The molecule has 334 valence electrons. The van der Waals surface area contributed by atoms with Gasteiger partial charge in [-0.25, -0.2) is 9.37 Å². The summed E-state index contributed by atoms with van der Waals surface area (Å²) in [6.45, 7) is 10.4. The van der Waals surface area contributed by atoms with Gasteiger partial charge in [-0.2, -0.15) is 4.98 Å². The van der Waals surface area contributed by atoms with Gasteiger partial charge in [0.25, 0.3) is 5.91 Å². The lowest BCUT2D eigenvalue weighted by Crippen LogP contribution is -2.50. The Morgan fingerprint density at radius 1 is 0.905 bits per heavy atom. The second-order valence-electron chi connectivity index (χ2n) is 17.8. The number of rotatable bonds is 12. The Labute approximate surface area is 368 Å². The van der Waals surface area contributed by atoms with Crippen molar-refractivity contribution in [3.05, 3.63) is 65.6 Å². The highest BCUT2D eigenvalue weighted by atomic mass is 19.1. The zero-order chi connectivity index (χ0) is 43.6. The van der Waals surface area contributed by atoms with Crippen LogP contribution in [0.25, 0.3) is 5.69 Å². The number of piperazine rings is 1. The summed E-state index contributed by atoms with van der Waals surface area (Å²) in [7, 11) is 1.61. The van der Waals surface area contributed by atoms with Crippen molar-refractivity contribution in [2.45, 2.75) is 90.1 Å². The third-order valence-electron chi connectivity index (χ3n) is 13.7. The average Bonchev–Trinajstić information content (AvgIpc) is 3.69. The number of carbonyl (C=O) groups excluding carboxylic acids is 3. The molecule has 3 amide bonds. The number of ether oxygens (including phenoxy) is 1. The summed E-state index contributed by atoms with van der Waals surface area (Å²) in [4.78, 5) is 56.2. The Hall–Kier alpha value is -5.84. The highest BCUT2D eigenvalue weighted by Crippen LogP contribution is 2.41. The zero-order valence-corrected chi connectivity index (χ0v) is 36.6. The van der Waals surface area contributed by atoms with E-state index in [0.717, 1.165) is 81.7 Å². The van der Waals surface area contributed by atoms with Crippen molar-refractivity contribution in [1.82, 2.24) is 39.8 Å². The summed E-state index contributed by atoms with van der Waals surface area (Å²) in [5.41, 5.74) is 3.21. The minimum absolute atomic E-state index is 0.0257. The first-order valence-electron chi connectivity index (χ1n) is 22.8. The van der Waals surface area contributed by atoms with Gasteiger partial charge < -0.3 is 30.1 Å². The number of anilines is 5. The number of nitrogens with zero attached hydrogens (tertiary/aromatic N) is 9. The van der Waals surface area contributed by atoms with Crippen LogP contribution >= 0.6 is 0 Å². The van der Waals surface area contributed by atoms with Crippen LogP contribution in [0, 0.1) is 24.6 Å². The van der Waals surface area contributed by atoms with Crippen LogP contribution < -0.4 is 30.5 Å². The molecule has 3 N–H and O–H groups in total. The molecule has 63 heavy (non-hydrogen) atoms. The van der Waals surface area contributed by atoms with Crippen LogP contribution in [-0.4, -0.2) is 118 Å². The number of piperidine rings is 2. The molecule has 5 aliphatic rings. The molecule has 4 fully saturated rings. The topological polar surface area (TPSA) is 166 Å². The second-order valence-corrected chi connectivity index (χ2v) is 17.8. The van der Waals surface area contributed by atoms with Crippen LogP contribution in [0.3, 0.4) is 0 Å². The van der Waals surface area contributed by atoms with E-state index in [2.05, 4.69) is 52.3 Å². The number of imide groups is 1. The quantitative estimate of drug-likeness (QED) is 0.142. The Bertz CT molecular complexity index is 2320. The van der Waals surface area contributed by atoms with Crippen molar-refractivity contribution in [1.29, 1.82) is 0 Å². The molecule has 4 aromatic rings. The predicted octanol–water partition coefficient (Wildman–Crippen LogP) is 6.00. The van der Waals surface area contributed by atoms with Crippen LogP contribution in [-0.2, 0) is 9.59 Å². The summed E-state index contributed by atoms with van der Waals surface area (Å²) in [5.74, 6) is 3.68. The monoisotopic (exact) mass is 862 g/mol. The van der Waals surface area contributed by atoms with Gasteiger partial charge in [-0.15, -0.1) is 10.2 Å². The van der Waals surface area contributed by atoms with E-state index >= 15 is 4.39 Å². The van der Waals surface area contributed by atoms with Crippen molar-refractivity contribution < 1.29 is 23.5 Å². The molecule has 1 unspecified atom stereocenters. The summed E-state index contributed by atoms with van der Waals surface area (Å²) in [6, 6.07) is 10.0. The molecule has 2 aromatic heterocycles. The maximum Gasteiger partial charge on any atom is 0.254 e. The smallest absolute Gasteiger partial charge is 0.254 e. The molecule has 17 heteroatoms. The van der Waals surface area contributed by atoms with E-state index in [1.807, 2.05) is 30.2 Å². The fourth-order valence-electron chi connectivity index (χ4n) is 10.2. The van der Waals surface area contributed by atoms with Gasteiger partial charge in [-0.1, -0.05) is 26.2 Å². The van der Waals surface area contributed by atoms with Crippen molar-refractivity contribution in [2.24, 2.45) is 11.8 Å². The molecule has 6 heterocycles. The molecular formula is C46H59FN12O4. The van der Waals surface area contributed by atoms with Gasteiger partial charge in [0.05, 0.1) is 30.7 Å². The lowest BCUT2D eigenvalue weighted by molar-refractivity contribution is -0.133. The van der Waals surface area contributed by atoms with Crippen LogP contribution in [0.4, 0.5) is 33.2 Å². The molecular weight excluding hydrogens is 804 g/mol. The van der Waals surface area contributed by atoms with Gasteiger partial charge in [0.1, 0.15) is 29.1 Å². The summed E-state index contributed by atoms with van der Waals surface area (Å²) in [6.07, 6.45) is 11.6. The van der Waals surface area contributed by atoms with Gasteiger partial charge in [-0.3, -0.25) is 29.2 Å². The number of amides is 3. The number of hydrogen-bond acceptors (Lipinski definition) is 13. The lowest BCUT2D eigenvalue weighted by atomic mass is 9.88. The number of halogens is 1. The first-order chi connectivity index (χ1) is 30.6. The van der Waals surface area contributed by atoms with Crippen LogP contribution in [0.1, 0.15) is 99.2 Å². The molecule has 0 spiro atoms. The van der Waals surface area contributed by atoms with E-state index in [4.69, 9.17) is 14.7 Å². The van der Waals surface area contributed by atoms with E-state index in [9.17, 15) is 14.4 Å². The van der Waals surface area contributed by atoms with Crippen LogP contribution in [0.5, 0.6) is 5.75 Å². The fourth-order valence-corrected chi connectivity index (χ4v) is 10.2. The van der Waals surface area contributed by atoms with Crippen molar-refractivity contribution in [3.8, 4) is 11.4 Å². The Morgan fingerprint density at radius 2 is 1.68 bits per heavy atom. The van der Waals surface area contributed by atoms with E-state index in [1.54, 1.807) is 25.3 Å². The van der Waals surface area contributed by atoms with E-state index in [1.165, 1.54) is 38.2 Å². The van der Waals surface area contributed by atoms with Gasteiger partial charge in [-0.05, 0) is 93.7 Å². The van der Waals surface area contributed by atoms with E-state index < -0.39 is 6.04 Å². The number of aromatic nitrogens is 5. The zero-order valence-electron chi connectivity index (χ0n) is 36.6. The number of aryl methyl sites for hydroxylation is 1.